The summed E-state index contributed by atoms with van der Waals surface area (Å²) in [5.74, 6) is -0.696. The molecule has 17 heavy (non-hydrogen) atoms. The molecule has 0 saturated carbocycles. The molecule has 0 fully saturated rings. The summed E-state index contributed by atoms with van der Waals surface area (Å²) in [6, 6.07) is -1.12. The van der Waals surface area contributed by atoms with Gasteiger partial charge in [0.05, 0.1) is 12.4 Å². The molecule has 0 aliphatic carbocycles. The molecule has 0 bridgehead atoms. The Bertz CT molecular complexity index is 366. The second-order valence-electron chi connectivity index (χ2n) is 3.63. The first-order chi connectivity index (χ1) is 7.74. The normalized spacial score (nSPS) is 12.6. The van der Waals surface area contributed by atoms with Gasteiger partial charge in [-0.1, -0.05) is 0 Å². The summed E-state index contributed by atoms with van der Waals surface area (Å²) in [4.78, 5) is 22.1. The van der Waals surface area contributed by atoms with Gasteiger partial charge >= 0.3 is 12.0 Å². The largest absolute Gasteiger partial charge is 0.465 e. The highest BCUT2D eigenvalue weighted by Gasteiger charge is 2.13. The Morgan fingerprint density at radius 1 is 1.35 bits per heavy atom. The number of hydrogen-bond donors (Lipinski definition) is 2. The Kier molecular flexibility index (Phi) is 6.55. The number of amides is 2. The van der Waals surface area contributed by atoms with Crippen LogP contribution in [0.15, 0.2) is 0 Å². The summed E-state index contributed by atoms with van der Waals surface area (Å²) in [6.07, 6.45) is 1.09. The van der Waals surface area contributed by atoms with Crippen molar-refractivity contribution in [3.8, 4) is 0 Å². The molecule has 2 amide bonds. The lowest BCUT2D eigenvalue weighted by atomic mass is 10.4. The van der Waals surface area contributed by atoms with Crippen molar-refractivity contribution in [1.29, 1.82) is 0 Å². The lowest BCUT2D eigenvalue weighted by Gasteiger charge is -2.13. The van der Waals surface area contributed by atoms with E-state index in [1.165, 1.54) is 0 Å². The molecular formula is C9H18N2O5S. The van der Waals surface area contributed by atoms with Crippen LogP contribution in [0.4, 0.5) is 4.79 Å². The van der Waals surface area contributed by atoms with Gasteiger partial charge in [0.2, 0.25) is 0 Å². The fourth-order valence-electron chi connectivity index (χ4n) is 1.14. The van der Waals surface area contributed by atoms with Crippen LogP contribution in [0.5, 0.6) is 0 Å². The lowest BCUT2D eigenvalue weighted by Crippen LogP contribution is -2.45. The molecule has 0 rings (SSSR count). The predicted molar refractivity (Wildman–Crippen MR) is 62.3 cm³/mol. The third-order valence-corrected chi connectivity index (χ3v) is 2.73. The smallest absolute Gasteiger partial charge is 0.325 e. The topological polar surface area (TPSA) is 102 Å². The predicted octanol–water partition coefficient (Wildman–Crippen LogP) is -0.718. The van der Waals surface area contributed by atoms with Crippen LogP contribution in [0, 0.1) is 0 Å². The van der Waals surface area contributed by atoms with Gasteiger partial charge in [0, 0.05) is 12.3 Å². The summed E-state index contributed by atoms with van der Waals surface area (Å²) in [5, 5.41) is 4.66. The molecule has 0 aliphatic heterocycles. The summed E-state index contributed by atoms with van der Waals surface area (Å²) >= 11 is 0. The number of nitrogens with one attached hydrogen (secondary N) is 2. The molecule has 8 heteroatoms. The van der Waals surface area contributed by atoms with Gasteiger partial charge in [0.15, 0.2) is 0 Å². The molecule has 0 aromatic heterocycles. The zero-order valence-electron chi connectivity index (χ0n) is 10.1. The number of rotatable bonds is 6. The number of carbonyl (C=O) groups is 2. The van der Waals surface area contributed by atoms with Gasteiger partial charge < -0.3 is 15.4 Å². The third kappa shape index (κ3) is 9.61. The summed E-state index contributed by atoms with van der Waals surface area (Å²) in [5.41, 5.74) is 0. The average molecular weight is 266 g/mol. The third-order valence-electron chi connectivity index (χ3n) is 1.63. The Balaban J connectivity index is 3.90. The molecule has 2 N–H and O–H groups in total. The minimum absolute atomic E-state index is 0.153. The van der Waals surface area contributed by atoms with Crippen molar-refractivity contribution in [2.24, 2.45) is 0 Å². The van der Waals surface area contributed by atoms with E-state index in [1.54, 1.807) is 13.8 Å². The van der Waals surface area contributed by atoms with E-state index in [0.29, 0.717) is 0 Å². The molecule has 0 heterocycles. The molecule has 0 radical (unpaired) electrons. The summed E-state index contributed by atoms with van der Waals surface area (Å²) < 4.78 is 26.5. The first-order valence-corrected chi connectivity index (χ1v) is 7.18. The van der Waals surface area contributed by atoms with Crippen LogP contribution in [0.25, 0.3) is 0 Å². The van der Waals surface area contributed by atoms with Crippen molar-refractivity contribution in [3.05, 3.63) is 0 Å². The van der Waals surface area contributed by atoms with Crippen LogP contribution in [0.3, 0.4) is 0 Å². The fourth-order valence-corrected chi connectivity index (χ4v) is 2.13. The summed E-state index contributed by atoms with van der Waals surface area (Å²) in [7, 11) is -3.14. The van der Waals surface area contributed by atoms with Crippen LogP contribution < -0.4 is 10.6 Å². The maximum atomic E-state index is 11.2. The highest BCUT2D eigenvalue weighted by molar-refractivity contribution is 7.90. The monoisotopic (exact) mass is 266 g/mol. The quantitative estimate of drug-likeness (QED) is 0.618. The summed E-state index contributed by atoms with van der Waals surface area (Å²) in [6.45, 7) is 3.22. The van der Waals surface area contributed by atoms with Crippen molar-refractivity contribution >= 4 is 21.8 Å². The van der Waals surface area contributed by atoms with E-state index >= 15 is 0 Å². The van der Waals surface area contributed by atoms with Gasteiger partial charge in [0.25, 0.3) is 0 Å². The minimum Gasteiger partial charge on any atom is -0.465 e. The average Bonchev–Trinajstić information content (AvgIpc) is 2.12. The SMILES string of the molecule is CCOC(=O)CNC(=O)NC(C)CS(C)(=O)=O. The molecule has 0 aromatic carbocycles. The van der Waals surface area contributed by atoms with Crippen molar-refractivity contribution in [3.63, 3.8) is 0 Å². The van der Waals surface area contributed by atoms with Crippen LogP contribution in [0.2, 0.25) is 0 Å². The first-order valence-electron chi connectivity index (χ1n) is 5.12. The Morgan fingerprint density at radius 3 is 2.41 bits per heavy atom. The van der Waals surface area contributed by atoms with E-state index < -0.39 is 27.9 Å². The Morgan fingerprint density at radius 2 is 1.94 bits per heavy atom. The second kappa shape index (κ2) is 7.10. The van der Waals surface area contributed by atoms with Crippen molar-refractivity contribution in [2.75, 3.05) is 25.2 Å². The van der Waals surface area contributed by atoms with E-state index in [-0.39, 0.29) is 18.9 Å². The zero-order valence-corrected chi connectivity index (χ0v) is 11.0. The molecular weight excluding hydrogens is 248 g/mol. The molecule has 1 unspecified atom stereocenters. The highest BCUT2D eigenvalue weighted by atomic mass is 32.2. The number of urea groups is 1. The number of esters is 1. The molecule has 0 saturated heterocycles. The van der Waals surface area contributed by atoms with E-state index in [9.17, 15) is 18.0 Å². The zero-order chi connectivity index (χ0) is 13.5. The van der Waals surface area contributed by atoms with Crippen molar-refractivity contribution in [1.82, 2.24) is 10.6 Å². The van der Waals surface area contributed by atoms with E-state index in [1.807, 2.05) is 0 Å². The van der Waals surface area contributed by atoms with E-state index in [2.05, 4.69) is 15.4 Å². The second-order valence-corrected chi connectivity index (χ2v) is 5.81. The molecule has 100 valence electrons. The molecule has 0 aromatic rings. The number of ether oxygens (including phenoxy) is 1. The van der Waals surface area contributed by atoms with Gasteiger partial charge in [-0.05, 0) is 13.8 Å². The van der Waals surface area contributed by atoms with Crippen molar-refractivity contribution in [2.45, 2.75) is 19.9 Å². The van der Waals surface area contributed by atoms with Gasteiger partial charge in [-0.2, -0.15) is 0 Å². The van der Waals surface area contributed by atoms with Gasteiger partial charge in [-0.15, -0.1) is 0 Å². The van der Waals surface area contributed by atoms with Crippen LogP contribution in [-0.2, 0) is 19.4 Å². The van der Waals surface area contributed by atoms with Gasteiger partial charge in [-0.3, -0.25) is 4.79 Å². The molecule has 0 spiro atoms. The lowest BCUT2D eigenvalue weighted by molar-refractivity contribution is -0.141. The molecule has 7 nitrogen and oxygen atoms in total. The van der Waals surface area contributed by atoms with Crippen LogP contribution >= 0.6 is 0 Å². The van der Waals surface area contributed by atoms with E-state index in [0.717, 1.165) is 6.26 Å². The first kappa shape index (κ1) is 15.7. The maximum absolute atomic E-state index is 11.2. The minimum atomic E-state index is -3.14. The fraction of sp³-hybridized carbons (Fsp3) is 0.778. The molecule has 1 atom stereocenters. The highest BCUT2D eigenvalue weighted by Crippen LogP contribution is 1.89. The number of hydrogen-bond acceptors (Lipinski definition) is 5. The van der Waals surface area contributed by atoms with E-state index in [4.69, 9.17) is 0 Å². The Hall–Kier alpha value is -1.31. The Labute approximate surface area is 101 Å². The standard InChI is InChI=1S/C9H18N2O5S/c1-4-16-8(12)5-10-9(13)11-7(2)6-17(3,14)15/h7H,4-6H2,1-3H3,(H2,10,11,13). The van der Waals surface area contributed by atoms with Gasteiger partial charge in [0.1, 0.15) is 16.4 Å². The van der Waals surface area contributed by atoms with Crippen LogP contribution in [-0.4, -0.2) is 51.6 Å². The number of sulfone groups is 1. The van der Waals surface area contributed by atoms with Gasteiger partial charge in [-0.25, -0.2) is 13.2 Å². The molecule has 0 aliphatic rings. The van der Waals surface area contributed by atoms with Crippen molar-refractivity contribution < 1.29 is 22.7 Å². The van der Waals surface area contributed by atoms with Crippen LogP contribution in [0.1, 0.15) is 13.8 Å². The maximum Gasteiger partial charge on any atom is 0.325 e. The number of carbonyl (C=O) groups excluding carboxylic acids is 2.